The van der Waals surface area contributed by atoms with Gasteiger partial charge in [-0.25, -0.2) is 0 Å². The number of non-ortho nitro benzene ring substituents is 1. The predicted octanol–water partition coefficient (Wildman–Crippen LogP) is 2.93. The maximum Gasteiger partial charge on any atom is 0.271 e. The van der Waals surface area contributed by atoms with Gasteiger partial charge in [0.2, 0.25) is 0 Å². The van der Waals surface area contributed by atoms with Gasteiger partial charge < -0.3 is 10.4 Å². The zero-order valence-corrected chi connectivity index (χ0v) is 11.8. The zero-order valence-electron chi connectivity index (χ0n) is 10.2. The van der Waals surface area contributed by atoms with Crippen molar-refractivity contribution in [3.63, 3.8) is 0 Å². The summed E-state index contributed by atoms with van der Waals surface area (Å²) in [5, 5.41) is 23.7. The van der Waals surface area contributed by atoms with E-state index < -0.39 is 4.92 Å². The number of nitrogens with zero attached hydrogens (tertiary/aromatic N) is 1. The van der Waals surface area contributed by atoms with Crippen molar-refractivity contribution in [3.05, 3.63) is 32.8 Å². The van der Waals surface area contributed by atoms with Gasteiger partial charge in [0.05, 0.1) is 16.7 Å². The Morgan fingerprint density at radius 1 is 1.56 bits per heavy atom. The standard InChI is InChI=1S/C12H15BrN2O3/c1-12(2)10(6-11(12)16)14-9-5-7(15(17)18)3-4-8(9)13/h3-5,10-11,14,16H,6H2,1-2H3. The number of halogens is 1. The molecule has 0 radical (unpaired) electrons. The Hall–Kier alpha value is -1.14. The van der Waals surface area contributed by atoms with Crippen LogP contribution in [-0.2, 0) is 0 Å². The first-order valence-corrected chi connectivity index (χ1v) is 6.50. The Balaban J connectivity index is 2.19. The summed E-state index contributed by atoms with van der Waals surface area (Å²) >= 11 is 3.37. The SMILES string of the molecule is CC1(C)C(O)CC1Nc1cc([N+](=O)[O-])ccc1Br. The molecule has 1 aliphatic carbocycles. The fourth-order valence-corrected chi connectivity index (χ4v) is 2.43. The van der Waals surface area contributed by atoms with E-state index in [1.54, 1.807) is 6.07 Å². The van der Waals surface area contributed by atoms with E-state index in [1.807, 2.05) is 13.8 Å². The molecule has 0 aliphatic heterocycles. The van der Waals surface area contributed by atoms with E-state index in [0.29, 0.717) is 12.1 Å². The number of aliphatic hydroxyl groups is 1. The van der Waals surface area contributed by atoms with Crippen LogP contribution in [0.3, 0.4) is 0 Å². The number of rotatable bonds is 3. The van der Waals surface area contributed by atoms with Crippen LogP contribution in [0.25, 0.3) is 0 Å². The normalized spacial score (nSPS) is 25.3. The molecular weight excluding hydrogens is 300 g/mol. The molecule has 0 bridgehead atoms. The van der Waals surface area contributed by atoms with Crippen molar-refractivity contribution in [1.29, 1.82) is 0 Å². The average Bonchev–Trinajstić information content (AvgIpc) is 2.30. The van der Waals surface area contributed by atoms with Crippen LogP contribution in [-0.4, -0.2) is 22.2 Å². The molecule has 0 amide bonds. The molecule has 5 nitrogen and oxygen atoms in total. The molecule has 2 rings (SSSR count). The second-order valence-electron chi connectivity index (χ2n) is 5.19. The van der Waals surface area contributed by atoms with Crippen LogP contribution >= 0.6 is 15.9 Å². The van der Waals surface area contributed by atoms with Crippen molar-refractivity contribution >= 4 is 27.3 Å². The van der Waals surface area contributed by atoms with Crippen molar-refractivity contribution in [2.24, 2.45) is 5.41 Å². The van der Waals surface area contributed by atoms with Crippen molar-refractivity contribution in [2.45, 2.75) is 32.4 Å². The van der Waals surface area contributed by atoms with Crippen LogP contribution < -0.4 is 5.32 Å². The van der Waals surface area contributed by atoms with E-state index in [2.05, 4.69) is 21.2 Å². The lowest BCUT2D eigenvalue weighted by Crippen LogP contribution is -2.56. The Kier molecular flexibility index (Phi) is 3.33. The summed E-state index contributed by atoms with van der Waals surface area (Å²) in [4.78, 5) is 10.3. The predicted molar refractivity (Wildman–Crippen MR) is 72.6 cm³/mol. The summed E-state index contributed by atoms with van der Waals surface area (Å²) in [6.45, 7) is 3.95. The molecule has 0 heterocycles. The second kappa shape index (κ2) is 4.51. The molecule has 1 saturated carbocycles. The van der Waals surface area contributed by atoms with Gasteiger partial charge in [-0.2, -0.15) is 0 Å². The maximum atomic E-state index is 10.7. The van der Waals surface area contributed by atoms with Gasteiger partial charge in [-0.3, -0.25) is 10.1 Å². The minimum Gasteiger partial charge on any atom is -0.392 e. The first kappa shape index (κ1) is 13.3. The topological polar surface area (TPSA) is 75.4 Å². The fourth-order valence-electron chi connectivity index (χ4n) is 2.07. The van der Waals surface area contributed by atoms with Crippen LogP contribution in [0, 0.1) is 15.5 Å². The van der Waals surface area contributed by atoms with E-state index in [4.69, 9.17) is 0 Å². The average molecular weight is 315 g/mol. The highest BCUT2D eigenvalue weighted by Gasteiger charge is 2.47. The van der Waals surface area contributed by atoms with Gasteiger partial charge in [0.15, 0.2) is 0 Å². The van der Waals surface area contributed by atoms with E-state index in [0.717, 1.165) is 4.47 Å². The van der Waals surface area contributed by atoms with Crippen LogP contribution in [0.15, 0.2) is 22.7 Å². The third-order valence-electron chi connectivity index (χ3n) is 3.71. The van der Waals surface area contributed by atoms with Crippen LogP contribution in [0.1, 0.15) is 20.3 Å². The number of aliphatic hydroxyl groups excluding tert-OH is 1. The highest BCUT2D eigenvalue weighted by atomic mass is 79.9. The van der Waals surface area contributed by atoms with Gasteiger partial charge in [-0.15, -0.1) is 0 Å². The molecule has 2 N–H and O–H groups in total. The summed E-state index contributed by atoms with van der Waals surface area (Å²) in [5.74, 6) is 0. The van der Waals surface area contributed by atoms with Gasteiger partial charge in [-0.1, -0.05) is 13.8 Å². The lowest BCUT2D eigenvalue weighted by Gasteiger charge is -2.49. The van der Waals surface area contributed by atoms with Gasteiger partial charge in [-0.05, 0) is 28.4 Å². The van der Waals surface area contributed by atoms with Crippen molar-refractivity contribution in [2.75, 3.05) is 5.32 Å². The zero-order chi connectivity index (χ0) is 13.5. The fraction of sp³-hybridized carbons (Fsp3) is 0.500. The monoisotopic (exact) mass is 314 g/mol. The molecule has 0 saturated heterocycles. The Morgan fingerprint density at radius 2 is 2.22 bits per heavy atom. The molecule has 6 heteroatoms. The van der Waals surface area contributed by atoms with Gasteiger partial charge >= 0.3 is 0 Å². The highest BCUT2D eigenvalue weighted by molar-refractivity contribution is 9.10. The maximum absolute atomic E-state index is 10.7. The molecule has 98 valence electrons. The number of hydrogen-bond acceptors (Lipinski definition) is 4. The first-order valence-electron chi connectivity index (χ1n) is 5.71. The molecule has 2 atom stereocenters. The van der Waals surface area contributed by atoms with Crippen LogP contribution in [0.4, 0.5) is 11.4 Å². The number of hydrogen-bond donors (Lipinski definition) is 2. The van der Waals surface area contributed by atoms with E-state index >= 15 is 0 Å². The number of nitro groups is 1. The van der Waals surface area contributed by atoms with Crippen molar-refractivity contribution in [1.82, 2.24) is 0 Å². The molecule has 1 aromatic rings. The highest BCUT2D eigenvalue weighted by Crippen LogP contribution is 2.43. The first-order chi connectivity index (χ1) is 8.32. The molecule has 18 heavy (non-hydrogen) atoms. The van der Waals surface area contributed by atoms with Gasteiger partial charge in [0.25, 0.3) is 5.69 Å². The van der Waals surface area contributed by atoms with Crippen molar-refractivity contribution < 1.29 is 10.0 Å². The van der Waals surface area contributed by atoms with Gasteiger partial charge in [0.1, 0.15) is 0 Å². The second-order valence-corrected chi connectivity index (χ2v) is 6.05. The largest absolute Gasteiger partial charge is 0.392 e. The number of nitrogens with one attached hydrogen (secondary N) is 1. The smallest absolute Gasteiger partial charge is 0.271 e. The quantitative estimate of drug-likeness (QED) is 0.664. The Bertz CT molecular complexity index is 490. The molecule has 1 aromatic carbocycles. The van der Waals surface area contributed by atoms with E-state index in [-0.39, 0.29) is 23.2 Å². The Labute approximate surface area is 113 Å². The third kappa shape index (κ3) is 2.22. The molecule has 0 aromatic heterocycles. The Morgan fingerprint density at radius 3 is 2.72 bits per heavy atom. The molecule has 0 spiro atoms. The minimum absolute atomic E-state index is 0.0541. The van der Waals surface area contributed by atoms with Crippen LogP contribution in [0.2, 0.25) is 0 Å². The summed E-state index contributed by atoms with van der Waals surface area (Å²) in [7, 11) is 0. The van der Waals surface area contributed by atoms with Crippen molar-refractivity contribution in [3.8, 4) is 0 Å². The molecule has 1 aliphatic rings. The third-order valence-corrected chi connectivity index (χ3v) is 4.40. The summed E-state index contributed by atoms with van der Waals surface area (Å²) in [6.07, 6.45) is 0.328. The van der Waals surface area contributed by atoms with E-state index in [1.165, 1.54) is 12.1 Å². The molecule has 2 unspecified atom stereocenters. The minimum atomic E-state index is -0.418. The molecular formula is C12H15BrN2O3. The van der Waals surface area contributed by atoms with Crippen LogP contribution in [0.5, 0.6) is 0 Å². The number of nitro benzene ring substituents is 1. The van der Waals surface area contributed by atoms with Gasteiger partial charge in [0, 0.05) is 28.1 Å². The molecule has 1 fully saturated rings. The lowest BCUT2D eigenvalue weighted by molar-refractivity contribution is -0.384. The summed E-state index contributed by atoms with van der Waals surface area (Å²) in [5.41, 5.74) is 0.525. The number of benzene rings is 1. The lowest BCUT2D eigenvalue weighted by atomic mass is 9.64. The number of anilines is 1. The summed E-state index contributed by atoms with van der Waals surface area (Å²) in [6, 6.07) is 4.73. The summed E-state index contributed by atoms with van der Waals surface area (Å²) < 4.78 is 0.783. The van der Waals surface area contributed by atoms with E-state index in [9.17, 15) is 15.2 Å².